The summed E-state index contributed by atoms with van der Waals surface area (Å²) in [6, 6.07) is 10.2. The molecule has 0 amide bonds. The SMILES string of the molecule is OC[C@@H]1O[C@H](Oc2c(/C=C/c3ccccc3)cc(O)c(O)c2O)[C@@H](O)[C@H](O)[C@H]1O. The normalized spacial score (nSPS) is 27.2. The lowest BCUT2D eigenvalue weighted by molar-refractivity contribution is -0.277. The zero-order valence-corrected chi connectivity index (χ0v) is 15.2. The first kappa shape index (κ1) is 20.9. The van der Waals surface area contributed by atoms with Gasteiger partial charge in [0.05, 0.1) is 6.61 Å². The van der Waals surface area contributed by atoms with Gasteiger partial charge in [-0.2, -0.15) is 0 Å². The van der Waals surface area contributed by atoms with Crippen LogP contribution in [0.4, 0.5) is 0 Å². The fourth-order valence-corrected chi connectivity index (χ4v) is 2.93. The molecule has 29 heavy (non-hydrogen) atoms. The predicted molar refractivity (Wildman–Crippen MR) is 101 cm³/mol. The second-order valence-electron chi connectivity index (χ2n) is 6.57. The number of phenolic OH excluding ortho intramolecular Hbond substituents is 3. The number of hydrogen-bond acceptors (Lipinski definition) is 9. The topological polar surface area (TPSA) is 160 Å². The first-order chi connectivity index (χ1) is 13.8. The molecule has 2 aromatic carbocycles. The van der Waals surface area contributed by atoms with Gasteiger partial charge in [-0.1, -0.05) is 42.5 Å². The van der Waals surface area contributed by atoms with Crippen LogP contribution in [0.25, 0.3) is 12.2 Å². The van der Waals surface area contributed by atoms with Crippen molar-refractivity contribution < 1.29 is 45.2 Å². The van der Waals surface area contributed by atoms with Crippen molar-refractivity contribution in [1.82, 2.24) is 0 Å². The molecule has 2 aromatic rings. The summed E-state index contributed by atoms with van der Waals surface area (Å²) in [6.45, 7) is -0.654. The van der Waals surface area contributed by atoms with Gasteiger partial charge in [-0.15, -0.1) is 0 Å². The van der Waals surface area contributed by atoms with E-state index in [2.05, 4.69) is 0 Å². The van der Waals surface area contributed by atoms with Crippen molar-refractivity contribution in [2.45, 2.75) is 30.7 Å². The van der Waals surface area contributed by atoms with Crippen LogP contribution in [-0.4, -0.2) is 73.1 Å². The van der Waals surface area contributed by atoms with E-state index in [1.807, 2.05) is 30.3 Å². The Morgan fingerprint density at radius 1 is 0.897 bits per heavy atom. The Hall–Kier alpha value is -2.82. The van der Waals surface area contributed by atoms with Crippen molar-refractivity contribution in [3.05, 3.63) is 47.5 Å². The van der Waals surface area contributed by atoms with E-state index in [-0.39, 0.29) is 11.3 Å². The predicted octanol–water partition coefficient (Wildman–Crippen LogP) is 0.152. The monoisotopic (exact) mass is 406 g/mol. The number of aliphatic hydroxyl groups is 4. The smallest absolute Gasteiger partial charge is 0.229 e. The summed E-state index contributed by atoms with van der Waals surface area (Å²) >= 11 is 0. The van der Waals surface area contributed by atoms with Gasteiger partial charge in [0.2, 0.25) is 17.8 Å². The molecule has 0 aliphatic carbocycles. The van der Waals surface area contributed by atoms with Crippen molar-refractivity contribution in [3.8, 4) is 23.0 Å². The van der Waals surface area contributed by atoms with Gasteiger partial charge in [0.1, 0.15) is 24.4 Å². The van der Waals surface area contributed by atoms with Crippen molar-refractivity contribution >= 4 is 12.2 Å². The zero-order valence-electron chi connectivity index (χ0n) is 15.2. The number of aromatic hydroxyl groups is 3. The lowest BCUT2D eigenvalue weighted by Crippen LogP contribution is -2.60. The summed E-state index contributed by atoms with van der Waals surface area (Å²) in [4.78, 5) is 0. The second kappa shape index (κ2) is 8.68. The van der Waals surface area contributed by atoms with E-state index in [1.165, 1.54) is 6.08 Å². The maximum absolute atomic E-state index is 10.2. The number of hydrogen-bond donors (Lipinski definition) is 7. The second-order valence-corrected chi connectivity index (χ2v) is 6.57. The summed E-state index contributed by atoms with van der Waals surface area (Å²) in [5.74, 6) is -2.59. The Morgan fingerprint density at radius 3 is 2.24 bits per heavy atom. The van der Waals surface area contributed by atoms with Gasteiger partial charge in [0.15, 0.2) is 11.5 Å². The minimum atomic E-state index is -1.71. The Balaban J connectivity index is 1.95. The first-order valence-electron chi connectivity index (χ1n) is 8.81. The number of ether oxygens (including phenoxy) is 2. The van der Waals surface area contributed by atoms with Gasteiger partial charge in [0.25, 0.3) is 0 Å². The van der Waals surface area contributed by atoms with Crippen LogP contribution in [0.2, 0.25) is 0 Å². The number of benzene rings is 2. The van der Waals surface area contributed by atoms with Crippen LogP contribution in [-0.2, 0) is 4.74 Å². The van der Waals surface area contributed by atoms with E-state index in [0.29, 0.717) is 0 Å². The first-order valence-corrected chi connectivity index (χ1v) is 8.81. The Bertz CT molecular complexity index is 866. The molecule has 7 N–H and O–H groups in total. The fourth-order valence-electron chi connectivity index (χ4n) is 2.93. The van der Waals surface area contributed by atoms with Crippen LogP contribution in [0.3, 0.4) is 0 Å². The summed E-state index contributed by atoms with van der Waals surface area (Å²) in [7, 11) is 0. The number of phenols is 3. The highest BCUT2D eigenvalue weighted by Gasteiger charge is 2.45. The highest BCUT2D eigenvalue weighted by atomic mass is 16.7. The molecule has 0 saturated carbocycles. The fraction of sp³-hybridized carbons (Fsp3) is 0.300. The van der Waals surface area contributed by atoms with Gasteiger partial charge in [0, 0.05) is 5.56 Å². The minimum Gasteiger partial charge on any atom is -0.504 e. The Morgan fingerprint density at radius 2 is 1.59 bits per heavy atom. The molecule has 5 atom stereocenters. The molecular formula is C20H22O9. The molecule has 156 valence electrons. The number of aliphatic hydroxyl groups excluding tert-OH is 4. The van der Waals surface area contributed by atoms with Crippen molar-refractivity contribution in [2.24, 2.45) is 0 Å². The van der Waals surface area contributed by atoms with Crippen molar-refractivity contribution in [1.29, 1.82) is 0 Å². The standard InChI is InChI=1S/C20H22O9/c21-9-13-15(24)16(25)18(27)20(28-13)29-19-11(8-12(22)14(23)17(19)26)7-6-10-4-2-1-3-5-10/h1-8,13,15-16,18,20-27H,9H2/b7-6+/t13-,15-,16+,18-,20+/m0/s1. The molecular weight excluding hydrogens is 384 g/mol. The van der Waals surface area contributed by atoms with Crippen LogP contribution in [0.5, 0.6) is 23.0 Å². The lowest BCUT2D eigenvalue weighted by Gasteiger charge is -2.39. The minimum absolute atomic E-state index is 0.138. The lowest BCUT2D eigenvalue weighted by atomic mass is 9.99. The molecule has 0 radical (unpaired) electrons. The highest BCUT2D eigenvalue weighted by Crippen LogP contribution is 2.46. The van der Waals surface area contributed by atoms with Crippen LogP contribution in [0, 0.1) is 0 Å². The maximum Gasteiger partial charge on any atom is 0.229 e. The third kappa shape index (κ3) is 4.29. The molecule has 0 spiro atoms. The molecule has 1 aliphatic heterocycles. The van der Waals surface area contributed by atoms with E-state index in [4.69, 9.17) is 9.47 Å². The molecule has 1 heterocycles. The average Bonchev–Trinajstić information content (AvgIpc) is 2.73. The van der Waals surface area contributed by atoms with Crippen molar-refractivity contribution in [2.75, 3.05) is 6.61 Å². The zero-order chi connectivity index (χ0) is 21.1. The van der Waals surface area contributed by atoms with E-state index < -0.39 is 54.6 Å². The summed E-state index contributed by atoms with van der Waals surface area (Å²) in [5.41, 5.74) is 0.942. The van der Waals surface area contributed by atoms with E-state index in [0.717, 1.165) is 11.6 Å². The van der Waals surface area contributed by atoms with Crippen LogP contribution < -0.4 is 4.74 Å². The average molecular weight is 406 g/mol. The molecule has 0 aromatic heterocycles. The van der Waals surface area contributed by atoms with E-state index >= 15 is 0 Å². The van der Waals surface area contributed by atoms with Crippen molar-refractivity contribution in [3.63, 3.8) is 0 Å². The molecule has 0 bridgehead atoms. The molecule has 9 heteroatoms. The molecule has 3 rings (SSSR count). The van der Waals surface area contributed by atoms with Crippen LogP contribution in [0.15, 0.2) is 36.4 Å². The summed E-state index contributed by atoms with van der Waals surface area (Å²) < 4.78 is 10.7. The maximum atomic E-state index is 10.2. The third-order valence-corrected chi connectivity index (χ3v) is 4.57. The quantitative estimate of drug-likeness (QED) is 0.271. The van der Waals surface area contributed by atoms with Crippen LogP contribution >= 0.6 is 0 Å². The Kier molecular flexibility index (Phi) is 6.26. The number of rotatable bonds is 5. The Labute approximate surface area is 165 Å². The largest absolute Gasteiger partial charge is 0.504 e. The highest BCUT2D eigenvalue weighted by molar-refractivity contribution is 5.77. The van der Waals surface area contributed by atoms with Gasteiger partial charge in [-0.05, 0) is 11.6 Å². The molecule has 1 fully saturated rings. The van der Waals surface area contributed by atoms with E-state index in [9.17, 15) is 35.7 Å². The van der Waals surface area contributed by atoms with Gasteiger partial charge >= 0.3 is 0 Å². The molecule has 1 saturated heterocycles. The summed E-state index contributed by atoms with van der Waals surface area (Å²) in [6.07, 6.45) is -4.61. The molecule has 1 aliphatic rings. The third-order valence-electron chi connectivity index (χ3n) is 4.57. The van der Waals surface area contributed by atoms with Gasteiger partial charge < -0.3 is 45.2 Å². The summed E-state index contributed by atoms with van der Waals surface area (Å²) in [5, 5.41) is 69.1. The van der Waals surface area contributed by atoms with E-state index in [1.54, 1.807) is 6.08 Å². The van der Waals surface area contributed by atoms with Gasteiger partial charge in [-0.3, -0.25) is 0 Å². The van der Waals surface area contributed by atoms with Gasteiger partial charge in [-0.25, -0.2) is 0 Å². The molecule has 9 nitrogen and oxygen atoms in total. The molecule has 0 unspecified atom stereocenters. The van der Waals surface area contributed by atoms with Crippen LogP contribution in [0.1, 0.15) is 11.1 Å².